The Balaban J connectivity index is 3.06. The average molecular weight is 240 g/mol. The highest BCUT2D eigenvalue weighted by atomic mass is 16.5. The van der Waals surface area contributed by atoms with Crippen molar-refractivity contribution in [1.82, 2.24) is 0 Å². The molecule has 0 spiro atoms. The van der Waals surface area contributed by atoms with Crippen LogP contribution in [0, 0.1) is 0 Å². The highest BCUT2D eigenvalue weighted by Crippen LogP contribution is 2.23. The van der Waals surface area contributed by atoms with Crippen LogP contribution in [0.4, 0.5) is 5.69 Å². The van der Waals surface area contributed by atoms with E-state index in [1.807, 2.05) is 0 Å². The second kappa shape index (κ2) is 5.13. The number of aliphatic hydroxyl groups is 2. The third kappa shape index (κ3) is 2.94. The molecule has 1 rings (SSSR count). The van der Waals surface area contributed by atoms with Gasteiger partial charge in [-0.1, -0.05) is 6.07 Å². The van der Waals surface area contributed by atoms with Crippen LogP contribution in [0.5, 0.6) is 0 Å². The van der Waals surface area contributed by atoms with Crippen LogP contribution in [-0.4, -0.2) is 29.4 Å². The molecule has 6 nitrogen and oxygen atoms in total. The second-order valence-corrected chi connectivity index (χ2v) is 3.60. The molecule has 0 bridgehead atoms. The first-order valence-corrected chi connectivity index (χ1v) is 5.11. The lowest BCUT2D eigenvalue weighted by Gasteiger charge is -2.22. The van der Waals surface area contributed by atoms with Crippen molar-refractivity contribution < 1.29 is 19.7 Å². The van der Waals surface area contributed by atoms with Gasteiger partial charge in [0.05, 0.1) is 18.8 Å². The number of anilines is 1. The van der Waals surface area contributed by atoms with E-state index in [1.54, 1.807) is 6.92 Å². The van der Waals surface area contributed by atoms with Crippen molar-refractivity contribution in [1.29, 1.82) is 0 Å². The fourth-order valence-electron chi connectivity index (χ4n) is 1.38. The molecular weight excluding hydrogens is 224 g/mol. The van der Waals surface area contributed by atoms with E-state index >= 15 is 0 Å². The quantitative estimate of drug-likeness (QED) is 0.321. The minimum atomic E-state index is -1.92. The van der Waals surface area contributed by atoms with E-state index in [0.29, 0.717) is 0 Å². The Bertz CT molecular complexity index is 418. The molecule has 6 N–H and O–H groups in total. The van der Waals surface area contributed by atoms with Crippen molar-refractivity contribution in [3.63, 3.8) is 0 Å². The molecule has 1 aromatic rings. The fourth-order valence-corrected chi connectivity index (χ4v) is 1.38. The standard InChI is InChI=1S/C11H16N2O4/c1-2-17-10(15)7-3-4-8(9(12)5-7)11(13,16)6-14/h3-5,14,16H,2,6,12-13H2,1H3. The molecule has 0 saturated heterocycles. The molecule has 0 aliphatic rings. The van der Waals surface area contributed by atoms with Gasteiger partial charge < -0.3 is 20.7 Å². The van der Waals surface area contributed by atoms with Gasteiger partial charge in [0.15, 0.2) is 5.72 Å². The van der Waals surface area contributed by atoms with Crippen LogP contribution < -0.4 is 11.5 Å². The minimum Gasteiger partial charge on any atom is -0.462 e. The number of nitrogen functional groups attached to an aromatic ring is 1. The molecule has 0 aliphatic carbocycles. The van der Waals surface area contributed by atoms with Crippen LogP contribution in [0.2, 0.25) is 0 Å². The molecule has 0 saturated carbocycles. The van der Waals surface area contributed by atoms with Crippen LogP contribution in [0.25, 0.3) is 0 Å². The van der Waals surface area contributed by atoms with Crippen molar-refractivity contribution in [2.24, 2.45) is 5.73 Å². The largest absolute Gasteiger partial charge is 0.462 e. The Hall–Kier alpha value is -1.63. The first kappa shape index (κ1) is 13.4. The highest BCUT2D eigenvalue weighted by Gasteiger charge is 2.25. The number of hydrogen-bond acceptors (Lipinski definition) is 6. The lowest BCUT2D eigenvalue weighted by Crippen LogP contribution is -2.40. The van der Waals surface area contributed by atoms with E-state index in [0.717, 1.165) is 0 Å². The molecule has 0 amide bonds. The molecule has 0 radical (unpaired) electrons. The zero-order chi connectivity index (χ0) is 13.1. The van der Waals surface area contributed by atoms with Gasteiger partial charge in [0.2, 0.25) is 0 Å². The van der Waals surface area contributed by atoms with Gasteiger partial charge >= 0.3 is 5.97 Å². The number of carbonyl (C=O) groups is 1. The maximum Gasteiger partial charge on any atom is 0.338 e. The minimum absolute atomic E-state index is 0.120. The predicted molar refractivity (Wildman–Crippen MR) is 62.0 cm³/mol. The summed E-state index contributed by atoms with van der Waals surface area (Å²) in [4.78, 5) is 11.4. The first-order valence-electron chi connectivity index (χ1n) is 5.11. The van der Waals surface area contributed by atoms with Gasteiger partial charge in [-0.2, -0.15) is 0 Å². The van der Waals surface area contributed by atoms with E-state index in [4.69, 9.17) is 21.3 Å². The molecule has 94 valence electrons. The normalized spacial score (nSPS) is 14.1. The number of carbonyl (C=O) groups excluding carboxylic acids is 1. The molecule has 1 unspecified atom stereocenters. The zero-order valence-corrected chi connectivity index (χ0v) is 9.51. The lowest BCUT2D eigenvalue weighted by molar-refractivity contribution is -0.0129. The lowest BCUT2D eigenvalue weighted by atomic mass is 10.0. The first-order chi connectivity index (χ1) is 7.92. The molecule has 0 heterocycles. The van der Waals surface area contributed by atoms with Gasteiger partial charge in [-0.15, -0.1) is 0 Å². The van der Waals surface area contributed by atoms with Gasteiger partial charge in [0.25, 0.3) is 0 Å². The van der Waals surface area contributed by atoms with Gasteiger partial charge in [0, 0.05) is 11.3 Å². The fraction of sp³-hybridized carbons (Fsp3) is 0.364. The molecular formula is C11H16N2O4. The number of nitrogens with two attached hydrogens (primary N) is 2. The van der Waals surface area contributed by atoms with Gasteiger partial charge in [-0.25, -0.2) is 4.79 Å². The molecule has 1 aromatic carbocycles. The topological polar surface area (TPSA) is 119 Å². The summed E-state index contributed by atoms with van der Waals surface area (Å²) in [5.74, 6) is -0.504. The van der Waals surface area contributed by atoms with Crippen molar-refractivity contribution in [3.8, 4) is 0 Å². The number of benzene rings is 1. The number of ether oxygens (including phenoxy) is 1. The number of esters is 1. The average Bonchev–Trinajstić information content (AvgIpc) is 2.29. The molecule has 0 aliphatic heterocycles. The van der Waals surface area contributed by atoms with Crippen molar-refractivity contribution >= 4 is 11.7 Å². The van der Waals surface area contributed by atoms with Crippen LogP contribution >= 0.6 is 0 Å². The smallest absolute Gasteiger partial charge is 0.338 e. The number of hydrogen-bond donors (Lipinski definition) is 4. The second-order valence-electron chi connectivity index (χ2n) is 3.60. The van der Waals surface area contributed by atoms with Crippen LogP contribution in [0.1, 0.15) is 22.8 Å². The highest BCUT2D eigenvalue weighted by molar-refractivity contribution is 5.90. The third-order valence-corrected chi connectivity index (χ3v) is 2.27. The molecule has 6 heteroatoms. The summed E-state index contributed by atoms with van der Waals surface area (Å²) in [7, 11) is 0. The van der Waals surface area contributed by atoms with Crippen LogP contribution in [0.15, 0.2) is 18.2 Å². The monoisotopic (exact) mass is 240 g/mol. The summed E-state index contributed by atoms with van der Waals surface area (Å²) in [6, 6.07) is 4.16. The summed E-state index contributed by atoms with van der Waals surface area (Å²) in [6.45, 7) is 1.29. The van der Waals surface area contributed by atoms with Crippen LogP contribution in [-0.2, 0) is 10.5 Å². The summed E-state index contributed by atoms with van der Waals surface area (Å²) in [5, 5.41) is 18.6. The summed E-state index contributed by atoms with van der Waals surface area (Å²) >= 11 is 0. The number of rotatable bonds is 4. The Morgan fingerprint density at radius 1 is 1.53 bits per heavy atom. The van der Waals surface area contributed by atoms with E-state index in [2.05, 4.69) is 0 Å². The van der Waals surface area contributed by atoms with E-state index in [-0.39, 0.29) is 23.4 Å². The molecule has 17 heavy (non-hydrogen) atoms. The Labute approximate surface area is 98.8 Å². The molecule has 1 atom stereocenters. The van der Waals surface area contributed by atoms with Gasteiger partial charge in [0.1, 0.15) is 0 Å². The van der Waals surface area contributed by atoms with Gasteiger partial charge in [-0.05, 0) is 19.1 Å². The maximum atomic E-state index is 11.4. The maximum absolute atomic E-state index is 11.4. The predicted octanol–water partition coefficient (Wildman–Crippen LogP) is -0.458. The van der Waals surface area contributed by atoms with Crippen molar-refractivity contribution in [3.05, 3.63) is 29.3 Å². The summed E-state index contributed by atoms with van der Waals surface area (Å²) in [5.41, 5.74) is 9.72. The van der Waals surface area contributed by atoms with Gasteiger partial charge in [-0.3, -0.25) is 5.73 Å². The SMILES string of the molecule is CCOC(=O)c1ccc(C(N)(O)CO)c(N)c1. The molecule has 0 fully saturated rings. The summed E-state index contributed by atoms with van der Waals surface area (Å²) in [6.07, 6.45) is 0. The van der Waals surface area contributed by atoms with E-state index in [1.165, 1.54) is 18.2 Å². The van der Waals surface area contributed by atoms with Crippen molar-refractivity contribution in [2.45, 2.75) is 12.6 Å². The number of aliphatic hydroxyl groups excluding tert-OH is 1. The van der Waals surface area contributed by atoms with Crippen molar-refractivity contribution in [2.75, 3.05) is 18.9 Å². The molecule has 0 aromatic heterocycles. The Morgan fingerprint density at radius 3 is 2.65 bits per heavy atom. The van der Waals surface area contributed by atoms with E-state index in [9.17, 15) is 9.90 Å². The van der Waals surface area contributed by atoms with Crippen LogP contribution in [0.3, 0.4) is 0 Å². The Kier molecular flexibility index (Phi) is 4.06. The third-order valence-electron chi connectivity index (χ3n) is 2.27. The summed E-state index contributed by atoms with van der Waals surface area (Å²) < 4.78 is 4.80. The Morgan fingerprint density at radius 2 is 2.18 bits per heavy atom. The van der Waals surface area contributed by atoms with E-state index < -0.39 is 18.3 Å². The zero-order valence-electron chi connectivity index (χ0n) is 9.51.